The zero-order chi connectivity index (χ0) is 15.1. The number of nitrogen functional groups attached to an aromatic ring is 1. The average molecular weight is 293 g/mol. The number of benzene rings is 1. The van der Waals surface area contributed by atoms with Crippen LogP contribution in [0.25, 0.3) is 10.9 Å². The molecule has 0 aliphatic carbocycles. The minimum Gasteiger partial charge on any atom is -0.368 e. The Morgan fingerprint density at radius 2 is 2.18 bits per heavy atom. The van der Waals surface area contributed by atoms with Crippen molar-refractivity contribution in [2.24, 2.45) is 0 Å². The molecule has 4 rings (SSSR count). The lowest BCUT2D eigenvalue weighted by Gasteiger charge is -2.27. The van der Waals surface area contributed by atoms with E-state index in [-0.39, 0.29) is 11.9 Å². The minimum atomic E-state index is 0.0142. The van der Waals surface area contributed by atoms with Crippen LogP contribution in [0.2, 0.25) is 0 Å². The van der Waals surface area contributed by atoms with E-state index < -0.39 is 0 Å². The van der Waals surface area contributed by atoms with Crippen LogP contribution >= 0.6 is 0 Å². The Morgan fingerprint density at radius 1 is 1.32 bits per heavy atom. The summed E-state index contributed by atoms with van der Waals surface area (Å²) in [6.45, 7) is 1.14. The van der Waals surface area contributed by atoms with Crippen LogP contribution in [-0.4, -0.2) is 32.3 Å². The van der Waals surface area contributed by atoms with Gasteiger partial charge in [-0.25, -0.2) is 9.97 Å². The third kappa shape index (κ3) is 2.00. The largest absolute Gasteiger partial charge is 0.368 e. The van der Waals surface area contributed by atoms with E-state index in [2.05, 4.69) is 15.0 Å². The van der Waals surface area contributed by atoms with Gasteiger partial charge < -0.3 is 15.6 Å². The molecule has 22 heavy (non-hydrogen) atoms. The van der Waals surface area contributed by atoms with E-state index in [0.29, 0.717) is 18.7 Å². The third-order valence-corrected chi connectivity index (χ3v) is 4.07. The number of aromatic amines is 1. The summed E-state index contributed by atoms with van der Waals surface area (Å²) >= 11 is 0. The molecule has 6 nitrogen and oxygen atoms in total. The van der Waals surface area contributed by atoms with Crippen molar-refractivity contribution in [1.82, 2.24) is 19.9 Å². The van der Waals surface area contributed by atoms with Gasteiger partial charge in [-0.3, -0.25) is 4.79 Å². The van der Waals surface area contributed by atoms with Crippen LogP contribution in [0.4, 0.5) is 5.95 Å². The highest BCUT2D eigenvalue weighted by molar-refractivity contribution is 6.06. The van der Waals surface area contributed by atoms with Gasteiger partial charge in [-0.1, -0.05) is 18.2 Å². The molecule has 1 aliphatic heterocycles. The molecule has 0 radical (unpaired) electrons. The van der Waals surface area contributed by atoms with Crippen LogP contribution in [0.5, 0.6) is 0 Å². The Kier molecular flexibility index (Phi) is 2.82. The molecule has 3 aromatic rings. The van der Waals surface area contributed by atoms with E-state index >= 15 is 0 Å². The maximum absolute atomic E-state index is 12.8. The number of hydrogen-bond donors (Lipinski definition) is 2. The first-order chi connectivity index (χ1) is 10.7. The van der Waals surface area contributed by atoms with Crippen LogP contribution in [-0.2, 0) is 13.0 Å². The summed E-state index contributed by atoms with van der Waals surface area (Å²) in [5.74, 6) is 0.264. The number of carbonyl (C=O) groups excluding carboxylic acids is 1. The number of rotatable bonds is 1. The number of nitrogens with zero attached hydrogens (tertiary/aromatic N) is 3. The van der Waals surface area contributed by atoms with Crippen molar-refractivity contribution in [3.63, 3.8) is 0 Å². The molecule has 1 amide bonds. The van der Waals surface area contributed by atoms with E-state index in [0.717, 1.165) is 28.6 Å². The van der Waals surface area contributed by atoms with Gasteiger partial charge in [0.05, 0.1) is 17.8 Å². The van der Waals surface area contributed by atoms with E-state index in [1.165, 1.54) is 0 Å². The molecule has 1 aromatic carbocycles. The maximum atomic E-state index is 12.8. The van der Waals surface area contributed by atoms with Crippen molar-refractivity contribution in [1.29, 1.82) is 0 Å². The second-order valence-electron chi connectivity index (χ2n) is 5.42. The average Bonchev–Trinajstić information content (AvgIpc) is 2.97. The highest BCUT2D eigenvalue weighted by atomic mass is 16.2. The van der Waals surface area contributed by atoms with Crippen molar-refractivity contribution >= 4 is 22.8 Å². The number of nitrogens with two attached hydrogens (primary N) is 1. The Labute approximate surface area is 127 Å². The Balaban J connectivity index is 1.67. The van der Waals surface area contributed by atoms with E-state index in [4.69, 9.17) is 5.73 Å². The number of anilines is 1. The van der Waals surface area contributed by atoms with Crippen molar-refractivity contribution in [3.05, 3.63) is 53.5 Å². The summed E-state index contributed by atoms with van der Waals surface area (Å²) in [6.07, 6.45) is 4.28. The second kappa shape index (κ2) is 4.84. The van der Waals surface area contributed by atoms with Gasteiger partial charge in [0.1, 0.15) is 0 Å². The summed E-state index contributed by atoms with van der Waals surface area (Å²) in [5.41, 5.74) is 9.21. The molecule has 6 heteroatoms. The number of aromatic nitrogens is 3. The summed E-state index contributed by atoms with van der Waals surface area (Å²) in [6, 6.07) is 7.80. The smallest absolute Gasteiger partial charge is 0.256 e. The molecular formula is C16H15N5O. The summed E-state index contributed by atoms with van der Waals surface area (Å²) in [5, 5.41) is 0.945. The fourth-order valence-corrected chi connectivity index (χ4v) is 2.91. The van der Waals surface area contributed by atoms with Gasteiger partial charge in [0.2, 0.25) is 5.95 Å². The number of H-pyrrole nitrogens is 1. The first-order valence-corrected chi connectivity index (χ1v) is 7.18. The standard InChI is InChI=1S/C16H15N5O/c17-16-19-7-10-5-6-21(9-14(10)20-16)15(22)12-8-18-13-4-2-1-3-11(12)13/h1-4,7-8,18H,5-6,9H2,(H2,17,19,20). The summed E-state index contributed by atoms with van der Waals surface area (Å²) in [4.78, 5) is 26.0. The SMILES string of the molecule is Nc1ncc2c(n1)CN(C(=O)c1c[nH]c3ccccc13)CC2. The zero-order valence-electron chi connectivity index (χ0n) is 11.9. The van der Waals surface area contributed by atoms with Gasteiger partial charge in [-0.05, 0) is 18.1 Å². The normalized spacial score (nSPS) is 14.1. The number of carbonyl (C=O) groups is 1. The molecule has 3 heterocycles. The molecule has 0 saturated heterocycles. The zero-order valence-corrected chi connectivity index (χ0v) is 11.9. The first-order valence-electron chi connectivity index (χ1n) is 7.18. The van der Waals surface area contributed by atoms with Crippen LogP contribution in [0.3, 0.4) is 0 Å². The van der Waals surface area contributed by atoms with Crippen molar-refractivity contribution in [3.8, 4) is 0 Å². The Bertz CT molecular complexity index is 870. The molecule has 3 N–H and O–H groups in total. The van der Waals surface area contributed by atoms with E-state index in [1.54, 1.807) is 12.4 Å². The van der Waals surface area contributed by atoms with E-state index in [1.807, 2.05) is 29.2 Å². The van der Waals surface area contributed by atoms with Crippen LogP contribution in [0.1, 0.15) is 21.6 Å². The van der Waals surface area contributed by atoms with Crippen molar-refractivity contribution in [2.75, 3.05) is 12.3 Å². The molecule has 0 fully saturated rings. The molecule has 110 valence electrons. The number of para-hydroxylation sites is 1. The van der Waals surface area contributed by atoms with Gasteiger partial charge in [0.15, 0.2) is 0 Å². The summed E-state index contributed by atoms with van der Waals surface area (Å²) in [7, 11) is 0. The molecule has 0 saturated carbocycles. The second-order valence-corrected chi connectivity index (χ2v) is 5.42. The van der Waals surface area contributed by atoms with Crippen molar-refractivity contribution in [2.45, 2.75) is 13.0 Å². The summed E-state index contributed by atoms with van der Waals surface area (Å²) < 4.78 is 0. The van der Waals surface area contributed by atoms with Crippen LogP contribution in [0.15, 0.2) is 36.7 Å². The molecule has 0 unspecified atom stereocenters. The lowest BCUT2D eigenvalue weighted by Crippen LogP contribution is -2.36. The van der Waals surface area contributed by atoms with Gasteiger partial charge in [0, 0.05) is 29.8 Å². The van der Waals surface area contributed by atoms with Crippen LogP contribution < -0.4 is 5.73 Å². The Morgan fingerprint density at radius 3 is 3.09 bits per heavy atom. The quantitative estimate of drug-likeness (QED) is 0.715. The van der Waals surface area contributed by atoms with Gasteiger partial charge in [-0.2, -0.15) is 0 Å². The molecule has 0 atom stereocenters. The van der Waals surface area contributed by atoms with Crippen molar-refractivity contribution < 1.29 is 4.79 Å². The number of nitrogens with one attached hydrogen (secondary N) is 1. The lowest BCUT2D eigenvalue weighted by molar-refractivity contribution is 0.0734. The van der Waals surface area contributed by atoms with Gasteiger partial charge >= 0.3 is 0 Å². The molecule has 1 aliphatic rings. The number of fused-ring (bicyclic) bond motifs is 2. The number of amides is 1. The predicted molar refractivity (Wildman–Crippen MR) is 83.2 cm³/mol. The lowest BCUT2D eigenvalue weighted by atomic mass is 10.1. The van der Waals surface area contributed by atoms with Crippen LogP contribution in [0, 0.1) is 0 Å². The predicted octanol–water partition coefficient (Wildman–Crippen LogP) is 1.74. The minimum absolute atomic E-state index is 0.0142. The molecule has 2 aromatic heterocycles. The van der Waals surface area contributed by atoms with Gasteiger partial charge in [0.25, 0.3) is 5.91 Å². The highest BCUT2D eigenvalue weighted by Gasteiger charge is 2.24. The Hall–Kier alpha value is -2.89. The highest BCUT2D eigenvalue weighted by Crippen LogP contribution is 2.23. The molecule has 0 spiro atoms. The van der Waals surface area contributed by atoms with E-state index in [9.17, 15) is 4.79 Å². The monoisotopic (exact) mass is 293 g/mol. The molecule has 0 bridgehead atoms. The topological polar surface area (TPSA) is 87.9 Å². The maximum Gasteiger partial charge on any atom is 0.256 e. The molecular weight excluding hydrogens is 278 g/mol. The number of hydrogen-bond acceptors (Lipinski definition) is 4. The fourth-order valence-electron chi connectivity index (χ4n) is 2.91. The fraction of sp³-hybridized carbons (Fsp3) is 0.188. The van der Waals surface area contributed by atoms with Gasteiger partial charge in [-0.15, -0.1) is 0 Å². The third-order valence-electron chi connectivity index (χ3n) is 4.07. The first kappa shape index (κ1) is 12.8.